The van der Waals surface area contributed by atoms with E-state index in [-0.39, 0.29) is 18.8 Å². The molecule has 4 rings (SSSR count). The summed E-state index contributed by atoms with van der Waals surface area (Å²) in [6, 6.07) is 9.82. The number of nitrogens with one attached hydrogen (secondary N) is 5. The summed E-state index contributed by atoms with van der Waals surface area (Å²) in [5.74, 6) is -4.26. The zero-order valence-corrected chi connectivity index (χ0v) is 25.1. The predicted molar refractivity (Wildman–Crippen MR) is 169 cm³/mol. The lowest BCUT2D eigenvalue weighted by Gasteiger charge is -2.25. The molecule has 0 fully saturated rings. The van der Waals surface area contributed by atoms with Crippen molar-refractivity contribution in [2.45, 2.75) is 63.7 Å². The number of H-pyrrole nitrogens is 2. The van der Waals surface area contributed by atoms with Crippen molar-refractivity contribution < 1.29 is 29.1 Å². The Balaban J connectivity index is 1.59. The molecule has 0 saturated heterocycles. The number of aromatic amines is 2. The highest BCUT2D eigenvalue weighted by molar-refractivity contribution is 5.97. The number of aliphatic carboxylic acids is 1. The Labute approximate surface area is 259 Å². The molecule has 0 bridgehead atoms. The van der Waals surface area contributed by atoms with Crippen molar-refractivity contribution in [3.8, 4) is 0 Å². The second-order valence-electron chi connectivity index (χ2n) is 11.6. The highest BCUT2D eigenvalue weighted by Crippen LogP contribution is 2.21. The number of benzene rings is 2. The first-order valence-corrected chi connectivity index (χ1v) is 14.7. The molecule has 13 nitrogen and oxygen atoms in total. The van der Waals surface area contributed by atoms with E-state index in [2.05, 4.69) is 25.9 Å². The first-order chi connectivity index (χ1) is 21.4. The Morgan fingerprint density at radius 3 is 1.71 bits per heavy atom. The molecule has 4 aromatic rings. The molecule has 10 N–H and O–H groups in total. The SMILES string of the molecule is CC(C)CC(N)C(=O)NC(CC(N)=O)C(=O)NC(Cc1c[nH]c2ccccc12)C(=O)NC(Cc1c[nH]c2ccccc12)C(=O)O. The number of primary amides is 1. The molecule has 0 aliphatic carbocycles. The number of nitrogens with two attached hydrogens (primary N) is 2. The number of fused-ring (bicyclic) bond motifs is 2. The molecule has 4 atom stereocenters. The van der Waals surface area contributed by atoms with Crippen molar-refractivity contribution >= 4 is 51.4 Å². The van der Waals surface area contributed by atoms with Crippen LogP contribution < -0.4 is 27.4 Å². The monoisotopic (exact) mass is 617 g/mol. The summed E-state index contributed by atoms with van der Waals surface area (Å²) in [7, 11) is 0. The van der Waals surface area contributed by atoms with Crippen LogP contribution in [0.15, 0.2) is 60.9 Å². The van der Waals surface area contributed by atoms with Gasteiger partial charge >= 0.3 is 5.97 Å². The van der Waals surface area contributed by atoms with Crippen LogP contribution in [0.5, 0.6) is 0 Å². The van der Waals surface area contributed by atoms with E-state index in [9.17, 15) is 29.1 Å². The van der Waals surface area contributed by atoms with Crippen LogP contribution in [-0.4, -0.2) is 68.8 Å². The molecular formula is C32H39N7O6. The molecule has 0 spiro atoms. The van der Waals surface area contributed by atoms with Gasteiger partial charge in [-0.05, 0) is 35.6 Å². The Bertz CT molecular complexity index is 1690. The molecule has 13 heteroatoms. The van der Waals surface area contributed by atoms with Gasteiger partial charge in [0, 0.05) is 47.0 Å². The van der Waals surface area contributed by atoms with Gasteiger partial charge in [-0.1, -0.05) is 50.2 Å². The van der Waals surface area contributed by atoms with Crippen LogP contribution in [0.1, 0.15) is 37.8 Å². The lowest BCUT2D eigenvalue weighted by atomic mass is 10.0. The number of carboxylic acid groups (broad SMARTS) is 1. The molecular weight excluding hydrogens is 578 g/mol. The second-order valence-corrected chi connectivity index (χ2v) is 11.6. The number of hydrogen-bond acceptors (Lipinski definition) is 6. The van der Waals surface area contributed by atoms with E-state index < -0.39 is 60.2 Å². The Morgan fingerprint density at radius 1 is 0.733 bits per heavy atom. The maximum Gasteiger partial charge on any atom is 0.326 e. The van der Waals surface area contributed by atoms with Gasteiger partial charge in [-0.25, -0.2) is 4.79 Å². The number of carbonyl (C=O) groups excluding carboxylic acids is 4. The first kappa shape index (κ1) is 32.7. The zero-order chi connectivity index (χ0) is 32.7. The number of carbonyl (C=O) groups is 5. The van der Waals surface area contributed by atoms with Gasteiger partial charge in [0.15, 0.2) is 0 Å². The van der Waals surface area contributed by atoms with Crippen LogP contribution >= 0.6 is 0 Å². The molecule has 4 amide bonds. The maximum absolute atomic E-state index is 13.7. The Morgan fingerprint density at radius 2 is 1.20 bits per heavy atom. The minimum atomic E-state index is -1.41. The molecule has 238 valence electrons. The van der Waals surface area contributed by atoms with Crippen molar-refractivity contribution in [1.29, 1.82) is 0 Å². The van der Waals surface area contributed by atoms with Gasteiger partial charge in [-0.3, -0.25) is 19.2 Å². The molecule has 0 radical (unpaired) electrons. The van der Waals surface area contributed by atoms with E-state index in [1.807, 2.05) is 62.4 Å². The minimum absolute atomic E-state index is 0.0209. The number of hydrogen-bond donors (Lipinski definition) is 8. The third kappa shape index (κ3) is 8.48. The summed E-state index contributed by atoms with van der Waals surface area (Å²) in [4.78, 5) is 70.3. The number of aromatic nitrogens is 2. The standard InChI is InChI=1S/C32H39N7O6/c1-17(2)11-22(33)29(41)37-26(14-28(34)40)31(43)38-25(12-18-15-35-23-9-5-3-7-20(18)23)30(42)39-27(32(44)45)13-19-16-36-24-10-6-4-8-21(19)24/h3-10,15-17,22,25-27,35-36H,11-14,33H2,1-2H3,(H2,34,40)(H,37,41)(H,38,43)(H,39,42)(H,44,45). The van der Waals surface area contributed by atoms with Gasteiger partial charge < -0.3 is 42.5 Å². The fourth-order valence-electron chi connectivity index (χ4n) is 5.30. The fraction of sp³-hybridized carbons (Fsp3) is 0.344. The summed E-state index contributed by atoms with van der Waals surface area (Å²) in [5.41, 5.74) is 14.4. The maximum atomic E-state index is 13.7. The van der Waals surface area contributed by atoms with Crippen LogP contribution in [-0.2, 0) is 36.8 Å². The van der Waals surface area contributed by atoms with Crippen molar-refractivity contribution in [2.75, 3.05) is 0 Å². The van der Waals surface area contributed by atoms with E-state index in [1.54, 1.807) is 12.4 Å². The molecule has 0 aliphatic rings. The minimum Gasteiger partial charge on any atom is -0.480 e. The molecule has 45 heavy (non-hydrogen) atoms. The molecule has 2 aromatic carbocycles. The summed E-state index contributed by atoms with van der Waals surface area (Å²) < 4.78 is 0. The van der Waals surface area contributed by atoms with Crippen LogP contribution in [0, 0.1) is 5.92 Å². The topological polar surface area (TPSA) is 225 Å². The van der Waals surface area contributed by atoms with Gasteiger partial charge in [0.05, 0.1) is 12.5 Å². The molecule has 4 unspecified atom stereocenters. The normalized spacial score (nSPS) is 14.0. The van der Waals surface area contributed by atoms with E-state index in [0.29, 0.717) is 17.5 Å². The lowest BCUT2D eigenvalue weighted by Crippen LogP contribution is -2.58. The third-order valence-corrected chi connectivity index (χ3v) is 7.55. The van der Waals surface area contributed by atoms with Gasteiger partial charge in [0.2, 0.25) is 23.6 Å². The Kier molecular flexibility index (Phi) is 10.6. The highest BCUT2D eigenvalue weighted by Gasteiger charge is 2.32. The van der Waals surface area contributed by atoms with Gasteiger partial charge in [0.25, 0.3) is 0 Å². The average Bonchev–Trinajstić information content (AvgIpc) is 3.59. The molecule has 2 heterocycles. The van der Waals surface area contributed by atoms with Gasteiger partial charge in [-0.15, -0.1) is 0 Å². The van der Waals surface area contributed by atoms with E-state index in [4.69, 9.17) is 11.5 Å². The molecule has 2 aromatic heterocycles. The van der Waals surface area contributed by atoms with E-state index >= 15 is 0 Å². The van der Waals surface area contributed by atoms with Crippen LogP contribution in [0.2, 0.25) is 0 Å². The predicted octanol–water partition coefficient (Wildman–Crippen LogP) is 1.22. The number of carboxylic acids is 1. The summed E-state index contributed by atoms with van der Waals surface area (Å²) in [6.07, 6.45) is 3.16. The molecule has 0 aliphatic heterocycles. The number of amides is 4. The number of rotatable bonds is 15. The van der Waals surface area contributed by atoms with Crippen molar-refractivity contribution in [1.82, 2.24) is 25.9 Å². The quantitative estimate of drug-likeness (QED) is 0.0972. The first-order valence-electron chi connectivity index (χ1n) is 14.7. The zero-order valence-electron chi connectivity index (χ0n) is 25.1. The van der Waals surface area contributed by atoms with Crippen molar-refractivity contribution in [2.24, 2.45) is 17.4 Å². The van der Waals surface area contributed by atoms with E-state index in [1.165, 1.54) is 0 Å². The smallest absolute Gasteiger partial charge is 0.326 e. The van der Waals surface area contributed by atoms with Crippen LogP contribution in [0.3, 0.4) is 0 Å². The molecule has 0 saturated carbocycles. The largest absolute Gasteiger partial charge is 0.480 e. The fourth-order valence-corrected chi connectivity index (χ4v) is 5.30. The number of para-hydroxylation sites is 2. The second kappa shape index (κ2) is 14.5. The third-order valence-electron chi connectivity index (χ3n) is 7.55. The summed E-state index contributed by atoms with van der Waals surface area (Å²) in [6.45, 7) is 3.77. The van der Waals surface area contributed by atoms with Crippen molar-refractivity contribution in [3.05, 3.63) is 72.1 Å². The van der Waals surface area contributed by atoms with Crippen molar-refractivity contribution in [3.63, 3.8) is 0 Å². The van der Waals surface area contributed by atoms with Gasteiger partial charge in [-0.2, -0.15) is 0 Å². The average molecular weight is 618 g/mol. The van der Waals surface area contributed by atoms with Crippen LogP contribution in [0.25, 0.3) is 21.8 Å². The van der Waals surface area contributed by atoms with Crippen LogP contribution in [0.4, 0.5) is 0 Å². The van der Waals surface area contributed by atoms with Gasteiger partial charge in [0.1, 0.15) is 18.1 Å². The summed E-state index contributed by atoms with van der Waals surface area (Å²) >= 11 is 0. The lowest BCUT2D eigenvalue weighted by molar-refractivity contribution is -0.142. The summed E-state index contributed by atoms with van der Waals surface area (Å²) in [5, 5.41) is 19.3. The van der Waals surface area contributed by atoms with E-state index in [0.717, 1.165) is 21.8 Å². The Hall–Kier alpha value is -5.17. The highest BCUT2D eigenvalue weighted by atomic mass is 16.4.